The number of aliphatic imine (C=N–C) groups is 1. The molecule has 0 fully saturated rings. The molecule has 0 N–H and O–H groups in total. The fourth-order valence-corrected chi connectivity index (χ4v) is 2.45. The van der Waals surface area contributed by atoms with Crippen LogP contribution in [0, 0.1) is 10.5 Å². The summed E-state index contributed by atoms with van der Waals surface area (Å²) < 4.78 is 7.03. The molecular formula is C17H18ClIN2O. The first-order valence-electron chi connectivity index (χ1n) is 6.98. The smallest absolute Gasteiger partial charge is 0.140 e. The van der Waals surface area contributed by atoms with E-state index in [0.717, 1.165) is 32.9 Å². The first-order chi connectivity index (χ1) is 10.5. The quantitative estimate of drug-likeness (QED) is 0.349. The van der Waals surface area contributed by atoms with Gasteiger partial charge in [0.1, 0.15) is 11.5 Å². The van der Waals surface area contributed by atoms with Crippen LogP contribution in [0.4, 0.5) is 5.69 Å². The summed E-state index contributed by atoms with van der Waals surface area (Å²) in [5.74, 6) is 1.57. The summed E-state index contributed by atoms with van der Waals surface area (Å²) in [4.78, 5) is 6.40. The van der Waals surface area contributed by atoms with Crippen molar-refractivity contribution in [3.05, 3.63) is 50.6 Å². The Hall–Kier alpha value is -1.27. The molecule has 22 heavy (non-hydrogen) atoms. The molecule has 0 heterocycles. The maximum atomic E-state index is 6.32. The maximum absolute atomic E-state index is 6.32. The summed E-state index contributed by atoms with van der Waals surface area (Å²) in [6.45, 7) is 4.95. The normalized spacial score (nSPS) is 11.0. The van der Waals surface area contributed by atoms with Gasteiger partial charge in [-0.2, -0.15) is 0 Å². The number of para-hydroxylation sites is 1. The van der Waals surface area contributed by atoms with Crippen LogP contribution >= 0.6 is 34.2 Å². The van der Waals surface area contributed by atoms with Crippen LogP contribution in [0.25, 0.3) is 0 Å². The number of ether oxygens (including phenoxy) is 1. The molecule has 0 radical (unpaired) electrons. The van der Waals surface area contributed by atoms with Crippen molar-refractivity contribution in [2.75, 3.05) is 13.6 Å². The zero-order chi connectivity index (χ0) is 16.1. The molecule has 0 aliphatic rings. The minimum Gasteiger partial charge on any atom is -0.456 e. The van der Waals surface area contributed by atoms with Crippen LogP contribution in [-0.2, 0) is 0 Å². The van der Waals surface area contributed by atoms with Crippen LogP contribution in [-0.4, -0.2) is 24.8 Å². The van der Waals surface area contributed by atoms with Crippen molar-refractivity contribution < 1.29 is 4.74 Å². The van der Waals surface area contributed by atoms with Gasteiger partial charge < -0.3 is 9.64 Å². The highest BCUT2D eigenvalue weighted by Crippen LogP contribution is 2.35. The summed E-state index contributed by atoms with van der Waals surface area (Å²) in [6.07, 6.45) is 1.78. The molecule has 2 aromatic carbocycles. The summed E-state index contributed by atoms with van der Waals surface area (Å²) >= 11 is 8.57. The Morgan fingerprint density at radius 1 is 1.27 bits per heavy atom. The Morgan fingerprint density at radius 3 is 2.68 bits per heavy atom. The molecule has 2 rings (SSSR count). The largest absolute Gasteiger partial charge is 0.456 e. The summed E-state index contributed by atoms with van der Waals surface area (Å²) in [5, 5.41) is 0.576. The second-order valence-electron chi connectivity index (χ2n) is 4.92. The van der Waals surface area contributed by atoms with Gasteiger partial charge in [-0.3, -0.25) is 0 Å². The summed E-state index contributed by atoms with van der Waals surface area (Å²) in [7, 11) is 1.97. The summed E-state index contributed by atoms with van der Waals surface area (Å²) in [5.41, 5.74) is 1.74. The van der Waals surface area contributed by atoms with Crippen LogP contribution in [0.5, 0.6) is 11.5 Å². The average molecular weight is 429 g/mol. The number of hydrogen-bond donors (Lipinski definition) is 0. The molecule has 0 saturated heterocycles. The van der Waals surface area contributed by atoms with Crippen LogP contribution in [0.2, 0.25) is 5.02 Å². The molecule has 0 amide bonds. The highest BCUT2D eigenvalue weighted by atomic mass is 127. The standard InChI is InChI=1S/C17H18ClIN2O/c1-4-21(3)11-20-15-9-12(2)17(10-13(15)18)22-16-8-6-5-7-14(16)19/h5-11H,4H2,1-3H3/b20-11-. The molecular weight excluding hydrogens is 411 g/mol. The van der Waals surface area contributed by atoms with Gasteiger partial charge in [-0.25, -0.2) is 4.99 Å². The van der Waals surface area contributed by atoms with Crippen molar-refractivity contribution in [2.45, 2.75) is 13.8 Å². The van der Waals surface area contributed by atoms with Crippen molar-refractivity contribution in [3.63, 3.8) is 0 Å². The molecule has 5 heteroatoms. The van der Waals surface area contributed by atoms with E-state index in [1.807, 2.05) is 55.3 Å². The minimum absolute atomic E-state index is 0.576. The highest BCUT2D eigenvalue weighted by molar-refractivity contribution is 14.1. The Labute approximate surface area is 150 Å². The first kappa shape index (κ1) is 17.1. The Kier molecular flexibility index (Phi) is 6.08. The lowest BCUT2D eigenvalue weighted by Crippen LogP contribution is -2.14. The van der Waals surface area contributed by atoms with Gasteiger partial charge in [0.05, 0.1) is 20.6 Å². The number of benzene rings is 2. The van der Waals surface area contributed by atoms with Gasteiger partial charge in [0.25, 0.3) is 0 Å². The lowest BCUT2D eigenvalue weighted by Gasteiger charge is -2.12. The third-order valence-electron chi connectivity index (χ3n) is 3.19. The first-order valence-corrected chi connectivity index (χ1v) is 8.44. The molecule has 0 aromatic heterocycles. The van der Waals surface area contributed by atoms with E-state index in [-0.39, 0.29) is 0 Å². The second-order valence-corrected chi connectivity index (χ2v) is 6.49. The van der Waals surface area contributed by atoms with E-state index >= 15 is 0 Å². The highest BCUT2D eigenvalue weighted by Gasteiger charge is 2.09. The van der Waals surface area contributed by atoms with Gasteiger partial charge in [-0.15, -0.1) is 0 Å². The van der Waals surface area contributed by atoms with Gasteiger partial charge in [-0.05, 0) is 60.2 Å². The van der Waals surface area contributed by atoms with E-state index in [9.17, 15) is 0 Å². The van der Waals surface area contributed by atoms with E-state index in [1.165, 1.54) is 0 Å². The van der Waals surface area contributed by atoms with E-state index in [1.54, 1.807) is 6.34 Å². The third-order valence-corrected chi connectivity index (χ3v) is 4.39. The fourth-order valence-electron chi connectivity index (χ4n) is 1.75. The van der Waals surface area contributed by atoms with E-state index in [0.29, 0.717) is 5.02 Å². The SMILES string of the molecule is CCN(C)/C=N\c1cc(C)c(Oc2ccccc2I)cc1Cl. The van der Waals surface area contributed by atoms with Gasteiger partial charge in [-0.1, -0.05) is 23.7 Å². The van der Waals surface area contributed by atoms with Gasteiger partial charge >= 0.3 is 0 Å². The zero-order valence-corrected chi connectivity index (χ0v) is 15.7. The third kappa shape index (κ3) is 4.36. The van der Waals surface area contributed by atoms with Gasteiger partial charge in [0.15, 0.2) is 0 Å². The van der Waals surface area contributed by atoms with Crippen molar-refractivity contribution in [1.82, 2.24) is 4.90 Å². The van der Waals surface area contributed by atoms with E-state index in [2.05, 4.69) is 34.5 Å². The predicted molar refractivity (Wildman–Crippen MR) is 102 cm³/mol. The van der Waals surface area contributed by atoms with E-state index in [4.69, 9.17) is 16.3 Å². The lowest BCUT2D eigenvalue weighted by molar-refractivity contribution is 0.475. The van der Waals surface area contributed by atoms with Crippen molar-refractivity contribution >= 4 is 46.2 Å². The predicted octanol–water partition coefficient (Wildman–Crippen LogP) is 5.66. The van der Waals surface area contributed by atoms with E-state index < -0.39 is 0 Å². The number of halogens is 2. The molecule has 0 aliphatic carbocycles. The Balaban J connectivity index is 2.27. The van der Waals surface area contributed by atoms with Crippen LogP contribution in [0.15, 0.2) is 41.4 Å². The number of rotatable bonds is 5. The monoisotopic (exact) mass is 428 g/mol. The molecule has 0 spiro atoms. The van der Waals surface area contributed by atoms with Gasteiger partial charge in [0.2, 0.25) is 0 Å². The molecule has 0 atom stereocenters. The minimum atomic E-state index is 0.576. The maximum Gasteiger partial charge on any atom is 0.140 e. The summed E-state index contributed by atoms with van der Waals surface area (Å²) in [6, 6.07) is 11.6. The van der Waals surface area contributed by atoms with Crippen LogP contribution in [0.1, 0.15) is 12.5 Å². The number of hydrogen-bond acceptors (Lipinski definition) is 2. The molecule has 0 bridgehead atoms. The lowest BCUT2D eigenvalue weighted by atomic mass is 10.2. The average Bonchev–Trinajstić information content (AvgIpc) is 2.51. The molecule has 0 unspecified atom stereocenters. The van der Waals surface area contributed by atoms with Crippen molar-refractivity contribution in [1.29, 1.82) is 0 Å². The zero-order valence-electron chi connectivity index (χ0n) is 12.8. The molecule has 0 saturated carbocycles. The topological polar surface area (TPSA) is 24.8 Å². The van der Waals surface area contributed by atoms with Crippen molar-refractivity contribution in [2.24, 2.45) is 4.99 Å². The van der Waals surface area contributed by atoms with Crippen LogP contribution < -0.4 is 4.74 Å². The molecule has 116 valence electrons. The fraction of sp³-hybridized carbons (Fsp3) is 0.235. The molecule has 0 aliphatic heterocycles. The number of nitrogens with zero attached hydrogens (tertiary/aromatic N) is 2. The number of aryl methyl sites for hydroxylation is 1. The van der Waals surface area contributed by atoms with Crippen molar-refractivity contribution in [3.8, 4) is 11.5 Å². The molecule has 2 aromatic rings. The Bertz CT molecular complexity index is 688. The van der Waals surface area contributed by atoms with Crippen LogP contribution in [0.3, 0.4) is 0 Å². The van der Waals surface area contributed by atoms with Gasteiger partial charge in [0, 0.05) is 19.7 Å². The molecule has 3 nitrogen and oxygen atoms in total. The second kappa shape index (κ2) is 7.83. The Morgan fingerprint density at radius 2 is 2.00 bits per heavy atom.